The van der Waals surface area contributed by atoms with Crippen molar-refractivity contribution >= 4 is 28.6 Å². The van der Waals surface area contributed by atoms with E-state index in [9.17, 15) is 9.90 Å². The highest BCUT2D eigenvalue weighted by molar-refractivity contribution is 14.1. The number of aromatic hydroxyl groups is 1. The molecule has 0 bridgehead atoms. The van der Waals surface area contributed by atoms with Gasteiger partial charge in [-0.25, -0.2) is 0 Å². The zero-order valence-corrected chi connectivity index (χ0v) is 9.75. The van der Waals surface area contributed by atoms with Crippen molar-refractivity contribution in [3.63, 3.8) is 0 Å². The van der Waals surface area contributed by atoms with Crippen molar-refractivity contribution in [2.45, 2.75) is 6.42 Å². The third-order valence-electron chi connectivity index (χ3n) is 2.21. The van der Waals surface area contributed by atoms with E-state index in [-0.39, 0.29) is 11.4 Å². The van der Waals surface area contributed by atoms with Crippen molar-refractivity contribution in [1.82, 2.24) is 4.68 Å². The molecule has 2 rings (SSSR count). The summed E-state index contributed by atoms with van der Waals surface area (Å²) in [6.07, 6.45) is 2.02. The van der Waals surface area contributed by atoms with Crippen LogP contribution in [0, 0.1) is 0 Å². The number of pyridine rings is 1. The summed E-state index contributed by atoms with van der Waals surface area (Å²) >= 11 is 2.05. The van der Waals surface area contributed by atoms with E-state index >= 15 is 0 Å². The van der Waals surface area contributed by atoms with Gasteiger partial charge in [0.1, 0.15) is 11.4 Å². The molecule has 1 aromatic rings. The van der Waals surface area contributed by atoms with Crippen LogP contribution >= 0.6 is 22.9 Å². The fraction of sp³-hybridized carbons (Fsp3) is 0.250. The number of nitrogens with zero attached hydrogens (tertiary/aromatic N) is 3. The highest BCUT2D eigenvalue weighted by Crippen LogP contribution is 2.21. The molecule has 2 heterocycles. The largest absolute Gasteiger partial charge is 0.503 e. The van der Waals surface area contributed by atoms with Crippen molar-refractivity contribution in [3.8, 4) is 5.75 Å². The second-order valence-electron chi connectivity index (χ2n) is 3.08. The molecule has 1 aromatic heterocycles. The highest BCUT2D eigenvalue weighted by atomic mass is 127. The number of hydrogen-bond acceptors (Lipinski definition) is 5. The first-order valence-electron chi connectivity index (χ1n) is 4.24. The summed E-state index contributed by atoms with van der Waals surface area (Å²) in [7, 11) is 0. The van der Waals surface area contributed by atoms with Gasteiger partial charge in [0.2, 0.25) is 5.43 Å². The van der Waals surface area contributed by atoms with E-state index in [1.54, 1.807) is 7.90 Å². The maximum absolute atomic E-state index is 11.2. The van der Waals surface area contributed by atoms with Crippen LogP contribution in [0.5, 0.6) is 5.75 Å². The summed E-state index contributed by atoms with van der Waals surface area (Å²) in [5, 5.41) is 21.5. The van der Waals surface area contributed by atoms with Gasteiger partial charge >= 0.3 is 0 Å². The van der Waals surface area contributed by atoms with Gasteiger partial charge in [-0.2, -0.15) is 0 Å². The third-order valence-corrected chi connectivity index (χ3v) is 3.16. The number of hydrogen-bond donors (Lipinski definition) is 2. The summed E-state index contributed by atoms with van der Waals surface area (Å²) in [5.41, 5.74) is 0.0952. The van der Waals surface area contributed by atoms with Crippen molar-refractivity contribution in [1.29, 1.82) is 0 Å². The second-order valence-corrected chi connectivity index (χ2v) is 4.19. The lowest BCUT2D eigenvalue weighted by Crippen LogP contribution is -2.37. The maximum atomic E-state index is 11.2. The summed E-state index contributed by atoms with van der Waals surface area (Å²) < 4.78 is 3.37. The average molecular weight is 321 g/mol. The summed E-state index contributed by atoms with van der Waals surface area (Å²) in [6, 6.07) is 1.27. The molecule has 0 radical (unpaired) electrons. The minimum absolute atomic E-state index is 0.255. The Labute approximate surface area is 98.9 Å². The summed E-state index contributed by atoms with van der Waals surface area (Å²) in [5.74, 6) is -0.383. The number of rotatable bonds is 0. The molecule has 0 aromatic carbocycles. The number of halogens is 1. The minimum Gasteiger partial charge on any atom is -0.503 e. The molecule has 15 heavy (non-hydrogen) atoms. The Kier molecular flexibility index (Phi) is 2.55. The van der Waals surface area contributed by atoms with Crippen LogP contribution in [0.3, 0.4) is 0 Å². The van der Waals surface area contributed by atoms with E-state index < -0.39 is 5.43 Å². The molecule has 0 amide bonds. The molecule has 7 heteroatoms. The third kappa shape index (κ3) is 1.56. The first-order chi connectivity index (χ1) is 7.15. The Morgan fingerprint density at radius 3 is 2.93 bits per heavy atom. The van der Waals surface area contributed by atoms with Gasteiger partial charge in [0.25, 0.3) is 0 Å². The van der Waals surface area contributed by atoms with Gasteiger partial charge in [-0.1, -0.05) is 5.16 Å². The molecule has 6 nitrogen and oxygen atoms in total. The number of oxime groups is 1. The van der Waals surface area contributed by atoms with Crippen LogP contribution in [-0.4, -0.2) is 27.2 Å². The Balaban J connectivity index is 2.74. The van der Waals surface area contributed by atoms with Gasteiger partial charge < -0.3 is 10.3 Å². The molecule has 0 saturated carbocycles. The first-order valence-corrected chi connectivity index (χ1v) is 5.21. The summed E-state index contributed by atoms with van der Waals surface area (Å²) in [4.78, 5) is 11.2. The monoisotopic (exact) mass is 321 g/mol. The number of aromatic nitrogens is 1. The van der Waals surface area contributed by atoms with Crippen LogP contribution in [0.1, 0.15) is 12.1 Å². The van der Waals surface area contributed by atoms with Crippen molar-refractivity contribution < 1.29 is 10.3 Å². The van der Waals surface area contributed by atoms with E-state index in [0.717, 1.165) is 0 Å². The van der Waals surface area contributed by atoms with Gasteiger partial charge in [-0.05, 0) is 0 Å². The zero-order chi connectivity index (χ0) is 11.0. The molecule has 0 fully saturated rings. The molecule has 0 atom stereocenters. The Hall–Kier alpha value is -1.25. The smallest absolute Gasteiger partial charge is 0.224 e. The average Bonchev–Trinajstić information content (AvgIpc) is 2.24. The maximum Gasteiger partial charge on any atom is 0.224 e. The van der Waals surface area contributed by atoms with E-state index in [1.807, 2.05) is 22.9 Å². The standard InChI is InChI=1S/C8H8IN3O3/c9-12-4-1-5(10-15)7-8(14)6(13)2-3-11(7)12/h2-3,14-15H,1,4H2/b10-5+. The molecular formula is C8H8IN3O3. The Morgan fingerprint density at radius 2 is 2.27 bits per heavy atom. The SMILES string of the molecule is O=c1ccn2c(c1O)/C(=N/O)CCN2I. The lowest BCUT2D eigenvalue weighted by atomic mass is 10.1. The van der Waals surface area contributed by atoms with Crippen LogP contribution in [-0.2, 0) is 0 Å². The minimum atomic E-state index is -0.478. The lowest BCUT2D eigenvalue weighted by molar-refractivity contribution is 0.316. The molecule has 0 unspecified atom stereocenters. The van der Waals surface area contributed by atoms with Crippen LogP contribution in [0.2, 0.25) is 0 Å². The Bertz CT molecular complexity index is 483. The molecule has 2 N–H and O–H groups in total. The summed E-state index contributed by atoms with van der Waals surface area (Å²) in [6.45, 7) is 0.648. The normalized spacial score (nSPS) is 17.9. The molecular weight excluding hydrogens is 313 g/mol. The van der Waals surface area contributed by atoms with Crippen molar-refractivity contribution in [3.05, 3.63) is 28.2 Å². The van der Waals surface area contributed by atoms with E-state index in [4.69, 9.17) is 5.21 Å². The van der Waals surface area contributed by atoms with Gasteiger partial charge in [0.05, 0.1) is 29.4 Å². The first kappa shape index (κ1) is 10.3. The van der Waals surface area contributed by atoms with Gasteiger partial charge in [0, 0.05) is 18.7 Å². The second kappa shape index (κ2) is 3.72. The van der Waals surface area contributed by atoms with E-state index in [2.05, 4.69) is 5.16 Å². The predicted octanol–water partition coefficient (Wildman–Crippen LogP) is 0.424. The molecule has 1 aliphatic heterocycles. The van der Waals surface area contributed by atoms with Crippen LogP contribution in [0.15, 0.2) is 22.2 Å². The van der Waals surface area contributed by atoms with Gasteiger partial charge in [-0.15, -0.1) is 0 Å². The van der Waals surface area contributed by atoms with Crippen LogP contribution < -0.4 is 8.65 Å². The number of fused-ring (bicyclic) bond motifs is 1. The molecule has 0 spiro atoms. The molecule has 0 aliphatic carbocycles. The molecule has 0 saturated heterocycles. The molecule has 1 aliphatic rings. The highest BCUT2D eigenvalue weighted by Gasteiger charge is 2.24. The van der Waals surface area contributed by atoms with Crippen LogP contribution in [0.25, 0.3) is 0 Å². The van der Waals surface area contributed by atoms with E-state index in [0.29, 0.717) is 18.7 Å². The lowest BCUT2D eigenvalue weighted by Gasteiger charge is -2.28. The van der Waals surface area contributed by atoms with Gasteiger partial charge in [0.15, 0.2) is 5.75 Å². The van der Waals surface area contributed by atoms with Crippen LogP contribution in [0.4, 0.5) is 0 Å². The predicted molar refractivity (Wildman–Crippen MR) is 62.4 cm³/mol. The van der Waals surface area contributed by atoms with Crippen molar-refractivity contribution in [2.24, 2.45) is 5.16 Å². The Morgan fingerprint density at radius 1 is 1.53 bits per heavy atom. The zero-order valence-electron chi connectivity index (χ0n) is 7.59. The topological polar surface area (TPSA) is 78.1 Å². The fourth-order valence-electron chi connectivity index (χ4n) is 1.49. The quantitative estimate of drug-likeness (QED) is 0.314. The van der Waals surface area contributed by atoms with Gasteiger partial charge in [-0.3, -0.25) is 12.7 Å². The molecule has 80 valence electrons. The van der Waals surface area contributed by atoms with E-state index in [1.165, 1.54) is 12.3 Å². The van der Waals surface area contributed by atoms with Crippen molar-refractivity contribution in [2.75, 3.05) is 9.77 Å². The fourth-order valence-corrected chi connectivity index (χ4v) is 2.09.